The summed E-state index contributed by atoms with van der Waals surface area (Å²) < 4.78 is 23.1. The number of carbonyl (C=O) groups is 1. The summed E-state index contributed by atoms with van der Waals surface area (Å²) in [5, 5.41) is 7.02. The maximum Gasteiger partial charge on any atom is 0.265 e. The van der Waals surface area contributed by atoms with Gasteiger partial charge in [-0.2, -0.15) is 0 Å². The quantitative estimate of drug-likeness (QED) is 0.451. The third kappa shape index (κ3) is 3.96. The second kappa shape index (κ2) is 8.39. The smallest absolute Gasteiger partial charge is 0.265 e. The van der Waals surface area contributed by atoms with Crippen molar-refractivity contribution in [3.05, 3.63) is 83.4 Å². The van der Waals surface area contributed by atoms with Gasteiger partial charge >= 0.3 is 0 Å². The number of imidazole rings is 1. The van der Waals surface area contributed by atoms with Gasteiger partial charge in [0.05, 0.1) is 23.1 Å². The number of hydrogen-bond donors (Lipinski definition) is 1. The van der Waals surface area contributed by atoms with E-state index in [0.717, 1.165) is 12.8 Å². The third-order valence-electron chi connectivity index (χ3n) is 5.34. The zero-order chi connectivity index (χ0) is 23.8. The van der Waals surface area contributed by atoms with Crippen LogP contribution in [-0.4, -0.2) is 30.1 Å². The van der Waals surface area contributed by atoms with Crippen LogP contribution in [0.5, 0.6) is 11.6 Å². The van der Waals surface area contributed by atoms with E-state index in [9.17, 15) is 14.0 Å². The Morgan fingerprint density at radius 1 is 1.21 bits per heavy atom. The number of nitrogens with one attached hydrogen (secondary N) is 1. The summed E-state index contributed by atoms with van der Waals surface area (Å²) in [5.74, 6) is -0.265. The summed E-state index contributed by atoms with van der Waals surface area (Å²) in [6.45, 7) is 7.26. The van der Waals surface area contributed by atoms with Crippen molar-refractivity contribution in [1.82, 2.24) is 24.1 Å². The van der Waals surface area contributed by atoms with Gasteiger partial charge in [-0.15, -0.1) is 5.10 Å². The third-order valence-corrected chi connectivity index (χ3v) is 5.34. The minimum Gasteiger partial charge on any atom is -0.434 e. The molecule has 1 aliphatic rings. The lowest BCUT2D eigenvalue weighted by atomic mass is 10.2. The van der Waals surface area contributed by atoms with Crippen molar-refractivity contribution in [2.75, 3.05) is 5.32 Å². The maximum absolute atomic E-state index is 14.8. The van der Waals surface area contributed by atoms with Gasteiger partial charge in [0.25, 0.3) is 5.56 Å². The fraction of sp³-hybridized carbons (Fsp3) is 0.125. The molecule has 0 radical (unpaired) electrons. The lowest BCUT2D eigenvalue weighted by molar-refractivity contribution is -0.117. The summed E-state index contributed by atoms with van der Waals surface area (Å²) in [6.07, 6.45) is 7.48. The lowest BCUT2D eigenvalue weighted by Gasteiger charge is -2.10. The lowest BCUT2D eigenvalue weighted by Crippen LogP contribution is -2.22. The highest BCUT2D eigenvalue weighted by Crippen LogP contribution is 2.30. The number of halogens is 1. The molecular formula is C24H19FN6O3. The van der Waals surface area contributed by atoms with E-state index in [4.69, 9.17) is 4.74 Å². The van der Waals surface area contributed by atoms with E-state index >= 15 is 0 Å². The molecule has 5 rings (SSSR count). The Morgan fingerprint density at radius 3 is 2.74 bits per heavy atom. The van der Waals surface area contributed by atoms with Gasteiger partial charge in [0.2, 0.25) is 11.8 Å². The molecule has 9 nitrogen and oxygen atoms in total. The van der Waals surface area contributed by atoms with E-state index < -0.39 is 11.4 Å². The Kier molecular flexibility index (Phi) is 5.25. The standard InChI is InChI=1S/C24H19FN6O3/c1-3-16-18(4-2)26-13-30(24(16)33)15-7-8-19(17(25)11-15)34-22-10-9-21-27-20(12-31(21)29-22)28-23(32)14-5-6-14/h3-4,7-14H,1-2,5-6H2,(H,28,32). The summed E-state index contributed by atoms with van der Waals surface area (Å²) in [7, 11) is 0. The second-order valence-electron chi connectivity index (χ2n) is 7.71. The van der Waals surface area contributed by atoms with Gasteiger partial charge in [0.15, 0.2) is 23.0 Å². The van der Waals surface area contributed by atoms with Gasteiger partial charge in [0.1, 0.15) is 6.33 Å². The van der Waals surface area contributed by atoms with E-state index in [1.807, 2.05) is 0 Å². The van der Waals surface area contributed by atoms with Crippen LogP contribution in [-0.2, 0) is 4.79 Å². The Bertz CT molecular complexity index is 1520. The van der Waals surface area contributed by atoms with Crippen LogP contribution in [0.2, 0.25) is 0 Å². The van der Waals surface area contributed by atoms with E-state index in [1.54, 1.807) is 18.3 Å². The zero-order valence-corrected chi connectivity index (χ0v) is 17.9. The molecule has 0 bridgehead atoms. The number of ether oxygens (including phenoxy) is 1. The zero-order valence-electron chi connectivity index (χ0n) is 17.9. The molecule has 1 amide bonds. The summed E-state index contributed by atoms with van der Waals surface area (Å²) in [4.78, 5) is 33.1. The fourth-order valence-electron chi connectivity index (χ4n) is 3.41. The van der Waals surface area contributed by atoms with Crippen LogP contribution in [0.4, 0.5) is 10.2 Å². The first kappa shape index (κ1) is 21.3. The molecular weight excluding hydrogens is 439 g/mol. The molecule has 1 fully saturated rings. The average molecular weight is 458 g/mol. The first-order valence-corrected chi connectivity index (χ1v) is 10.5. The first-order valence-electron chi connectivity index (χ1n) is 10.5. The molecule has 3 aromatic heterocycles. The molecule has 10 heteroatoms. The highest BCUT2D eigenvalue weighted by molar-refractivity contribution is 5.93. The van der Waals surface area contributed by atoms with Crippen LogP contribution in [0, 0.1) is 11.7 Å². The van der Waals surface area contributed by atoms with Crippen LogP contribution in [0.25, 0.3) is 23.5 Å². The van der Waals surface area contributed by atoms with Gasteiger partial charge in [-0.05, 0) is 37.1 Å². The van der Waals surface area contributed by atoms with Gasteiger partial charge in [-0.1, -0.05) is 19.2 Å². The van der Waals surface area contributed by atoms with Crippen molar-refractivity contribution in [2.45, 2.75) is 12.8 Å². The molecule has 1 saturated carbocycles. The Labute approximate surface area is 192 Å². The molecule has 0 atom stereocenters. The molecule has 0 saturated heterocycles. The summed E-state index contributed by atoms with van der Waals surface area (Å²) in [5.41, 5.74) is 1.04. The highest BCUT2D eigenvalue weighted by Gasteiger charge is 2.30. The number of amides is 1. The van der Waals surface area contributed by atoms with E-state index in [1.165, 1.54) is 45.8 Å². The van der Waals surface area contributed by atoms with Crippen molar-refractivity contribution in [1.29, 1.82) is 0 Å². The molecule has 0 aliphatic heterocycles. The number of benzene rings is 1. The van der Waals surface area contributed by atoms with Crippen molar-refractivity contribution in [3.63, 3.8) is 0 Å². The monoisotopic (exact) mass is 458 g/mol. The van der Waals surface area contributed by atoms with E-state index in [0.29, 0.717) is 17.2 Å². The van der Waals surface area contributed by atoms with Gasteiger partial charge in [-0.25, -0.2) is 18.9 Å². The van der Waals surface area contributed by atoms with Crippen molar-refractivity contribution in [3.8, 4) is 17.3 Å². The number of fused-ring (bicyclic) bond motifs is 1. The number of aromatic nitrogens is 5. The number of nitrogens with zero attached hydrogens (tertiary/aromatic N) is 5. The number of carbonyl (C=O) groups excluding carboxylic acids is 1. The van der Waals surface area contributed by atoms with Crippen LogP contribution in [0.3, 0.4) is 0 Å². The number of hydrogen-bond acceptors (Lipinski definition) is 6. The van der Waals surface area contributed by atoms with Crippen LogP contribution in [0.15, 0.2) is 60.8 Å². The molecule has 3 heterocycles. The largest absolute Gasteiger partial charge is 0.434 e. The highest BCUT2D eigenvalue weighted by atomic mass is 19.1. The molecule has 0 unspecified atom stereocenters. The molecule has 0 spiro atoms. The predicted molar refractivity (Wildman–Crippen MR) is 124 cm³/mol. The molecule has 4 aromatic rings. The number of anilines is 1. The molecule has 170 valence electrons. The van der Waals surface area contributed by atoms with Crippen LogP contribution in [0.1, 0.15) is 24.1 Å². The van der Waals surface area contributed by atoms with Gasteiger partial charge in [-0.3, -0.25) is 14.2 Å². The molecule has 1 N–H and O–H groups in total. The van der Waals surface area contributed by atoms with Crippen LogP contribution >= 0.6 is 0 Å². The van der Waals surface area contributed by atoms with Crippen molar-refractivity contribution >= 4 is 29.5 Å². The molecule has 34 heavy (non-hydrogen) atoms. The van der Waals surface area contributed by atoms with Crippen molar-refractivity contribution in [2.24, 2.45) is 5.92 Å². The van der Waals surface area contributed by atoms with E-state index in [2.05, 4.69) is 33.5 Å². The summed E-state index contributed by atoms with van der Waals surface area (Å²) >= 11 is 0. The average Bonchev–Trinajstić information content (AvgIpc) is 3.61. The van der Waals surface area contributed by atoms with E-state index in [-0.39, 0.29) is 34.7 Å². The Hall–Kier alpha value is -4.60. The SMILES string of the molecule is C=Cc1ncn(-c2ccc(Oc3ccc4nc(NC(=O)C5CC5)cn4n3)c(F)c2)c(=O)c1C=C. The predicted octanol–water partition coefficient (Wildman–Crippen LogP) is 3.84. The second-order valence-corrected chi connectivity index (χ2v) is 7.71. The van der Waals surface area contributed by atoms with Gasteiger partial charge < -0.3 is 10.1 Å². The minimum absolute atomic E-state index is 0.0533. The number of rotatable bonds is 7. The van der Waals surface area contributed by atoms with Crippen LogP contribution < -0.4 is 15.6 Å². The Balaban J connectivity index is 1.39. The normalized spacial score (nSPS) is 13.0. The minimum atomic E-state index is -0.692. The fourth-order valence-corrected chi connectivity index (χ4v) is 3.41. The maximum atomic E-state index is 14.8. The van der Waals surface area contributed by atoms with Gasteiger partial charge in [0, 0.05) is 18.1 Å². The van der Waals surface area contributed by atoms with Crippen molar-refractivity contribution < 1.29 is 13.9 Å². The Morgan fingerprint density at radius 2 is 2.03 bits per heavy atom. The molecule has 1 aromatic carbocycles. The topological polar surface area (TPSA) is 103 Å². The summed E-state index contributed by atoms with van der Waals surface area (Å²) in [6, 6.07) is 7.28. The molecule has 1 aliphatic carbocycles. The first-order chi connectivity index (χ1) is 16.5.